The van der Waals surface area contributed by atoms with E-state index < -0.39 is 99.3 Å². The number of ether oxygens (including phenoxy) is 6. The van der Waals surface area contributed by atoms with Crippen LogP contribution >= 0.6 is 0 Å². The van der Waals surface area contributed by atoms with Gasteiger partial charge in [-0.1, -0.05) is 157 Å². The molecule has 11 atom stereocenters. The molecule has 2 saturated heterocycles. The molecule has 0 aromatic rings. The van der Waals surface area contributed by atoms with Gasteiger partial charge in [-0.15, -0.1) is 6.58 Å². The summed E-state index contributed by atoms with van der Waals surface area (Å²) >= 11 is 0. The van der Waals surface area contributed by atoms with Crippen molar-refractivity contribution in [2.24, 2.45) is 0 Å². The molecule has 0 amide bonds. The molecule has 2 aliphatic heterocycles. The third kappa shape index (κ3) is 28.7. The summed E-state index contributed by atoms with van der Waals surface area (Å²) in [7, 11) is 0. The van der Waals surface area contributed by atoms with Crippen LogP contribution in [0.15, 0.2) is 85.6 Å². The molecule has 0 aromatic carbocycles. The first-order chi connectivity index (χ1) is 34.0. The first-order valence-electron chi connectivity index (χ1n) is 26.1. The van der Waals surface area contributed by atoms with Crippen molar-refractivity contribution in [2.45, 2.75) is 222 Å². The van der Waals surface area contributed by atoms with Crippen molar-refractivity contribution in [1.29, 1.82) is 0 Å². The van der Waals surface area contributed by atoms with Gasteiger partial charge in [-0.25, -0.2) is 0 Å². The van der Waals surface area contributed by atoms with E-state index in [1.807, 2.05) is 18.2 Å². The van der Waals surface area contributed by atoms with E-state index in [0.29, 0.717) is 12.8 Å². The Balaban J connectivity index is 1.83. The fraction of sp³-hybridized carbons (Fsp3) is 0.709. The number of hydrogen-bond donors (Lipinski definition) is 7. The van der Waals surface area contributed by atoms with E-state index in [2.05, 4.69) is 74.3 Å². The fourth-order valence-electron chi connectivity index (χ4n) is 7.75. The van der Waals surface area contributed by atoms with Gasteiger partial charge in [0.2, 0.25) is 0 Å². The Morgan fingerprint density at radius 1 is 0.500 bits per heavy atom. The number of rotatable bonds is 40. The predicted molar refractivity (Wildman–Crippen MR) is 270 cm³/mol. The van der Waals surface area contributed by atoms with E-state index in [1.165, 1.54) is 51.4 Å². The highest BCUT2D eigenvalue weighted by molar-refractivity contribution is 5.70. The average Bonchev–Trinajstić information content (AvgIpc) is 3.35. The Bertz CT molecular complexity index is 1520. The summed E-state index contributed by atoms with van der Waals surface area (Å²) in [5, 5.41) is 72.1. The van der Waals surface area contributed by atoms with Crippen molar-refractivity contribution in [3.8, 4) is 0 Å². The molecule has 4 unspecified atom stereocenters. The molecule has 2 fully saturated rings. The molecule has 2 rings (SSSR count). The van der Waals surface area contributed by atoms with E-state index in [1.54, 1.807) is 0 Å². The summed E-state index contributed by atoms with van der Waals surface area (Å²) in [5.74, 6) is -1.03. The van der Waals surface area contributed by atoms with E-state index in [-0.39, 0.29) is 19.4 Å². The molecule has 15 nitrogen and oxygen atoms in total. The van der Waals surface area contributed by atoms with Crippen molar-refractivity contribution in [3.63, 3.8) is 0 Å². The lowest BCUT2D eigenvalue weighted by molar-refractivity contribution is -0.332. The minimum absolute atomic E-state index is 0.0881. The molecular weight excluding hydrogens is 901 g/mol. The molecule has 7 N–H and O–H groups in total. The molecule has 0 spiro atoms. The molecule has 0 aromatic heterocycles. The van der Waals surface area contributed by atoms with Crippen LogP contribution in [0.1, 0.15) is 155 Å². The summed E-state index contributed by atoms with van der Waals surface area (Å²) < 4.78 is 33.5. The third-order valence-electron chi connectivity index (χ3n) is 12.0. The second-order valence-corrected chi connectivity index (χ2v) is 18.1. The molecule has 70 heavy (non-hydrogen) atoms. The van der Waals surface area contributed by atoms with Crippen LogP contribution in [0.25, 0.3) is 0 Å². The smallest absolute Gasteiger partial charge is 0.306 e. The van der Waals surface area contributed by atoms with Gasteiger partial charge in [0.25, 0.3) is 0 Å². The van der Waals surface area contributed by atoms with E-state index in [0.717, 1.165) is 70.6 Å². The predicted octanol–water partition coefficient (Wildman–Crippen LogP) is 7.60. The van der Waals surface area contributed by atoms with Crippen LogP contribution < -0.4 is 0 Å². The van der Waals surface area contributed by atoms with Crippen molar-refractivity contribution in [1.82, 2.24) is 0 Å². The zero-order valence-corrected chi connectivity index (χ0v) is 42.1. The highest BCUT2D eigenvalue weighted by Crippen LogP contribution is 2.26. The Morgan fingerprint density at radius 3 is 1.44 bits per heavy atom. The summed E-state index contributed by atoms with van der Waals surface area (Å²) in [6.45, 7) is 3.92. The number of aliphatic hydroxyl groups excluding tert-OH is 7. The topological polar surface area (TPSA) is 231 Å². The maximum Gasteiger partial charge on any atom is 0.306 e. The van der Waals surface area contributed by atoms with E-state index in [4.69, 9.17) is 28.4 Å². The maximum absolute atomic E-state index is 13.0. The molecule has 0 radical (unpaired) electrons. The average molecular weight is 991 g/mol. The van der Waals surface area contributed by atoms with Gasteiger partial charge in [-0.3, -0.25) is 9.59 Å². The van der Waals surface area contributed by atoms with Crippen LogP contribution in [0, 0.1) is 0 Å². The molecule has 0 saturated carbocycles. The van der Waals surface area contributed by atoms with Crippen LogP contribution in [0.2, 0.25) is 0 Å². The second kappa shape index (κ2) is 41.2. The van der Waals surface area contributed by atoms with Crippen LogP contribution in [-0.2, 0) is 38.0 Å². The van der Waals surface area contributed by atoms with Gasteiger partial charge in [-0.2, -0.15) is 0 Å². The Morgan fingerprint density at radius 2 is 0.943 bits per heavy atom. The van der Waals surface area contributed by atoms with Gasteiger partial charge in [0.05, 0.1) is 19.8 Å². The van der Waals surface area contributed by atoms with Gasteiger partial charge in [0.1, 0.15) is 55.4 Å². The third-order valence-corrected chi connectivity index (χ3v) is 12.0. The SMILES string of the molecule is C=CCCCCCCCCCCCCCCCC(=O)O[C@@H](COC(=O)CC/C=C/C/C=C/C/C=C/C/C=C/C/C=C/C/C=C/CC)CO[C@@H]1O[C@H](CO[C@@H]2O[C@H](CO)[C@H](O)C(O)C2O)[C@H](O)C(O)C1O. The number of allylic oxidation sites excluding steroid dienone is 13. The monoisotopic (exact) mass is 991 g/mol. The minimum atomic E-state index is -1.78. The first-order valence-corrected chi connectivity index (χ1v) is 26.1. The second-order valence-electron chi connectivity index (χ2n) is 18.1. The van der Waals surface area contributed by atoms with Gasteiger partial charge in [0.15, 0.2) is 18.7 Å². The Labute approximate surface area is 418 Å². The highest BCUT2D eigenvalue weighted by Gasteiger charge is 2.47. The van der Waals surface area contributed by atoms with Crippen LogP contribution in [0.5, 0.6) is 0 Å². The van der Waals surface area contributed by atoms with Gasteiger partial charge in [-0.05, 0) is 64.2 Å². The molecule has 0 bridgehead atoms. The maximum atomic E-state index is 13.0. The van der Waals surface area contributed by atoms with E-state index in [9.17, 15) is 45.3 Å². The summed E-state index contributed by atoms with van der Waals surface area (Å²) in [5.41, 5.74) is 0. The minimum Gasteiger partial charge on any atom is -0.462 e. The molecular formula is C55H90O15. The number of unbranched alkanes of at least 4 members (excludes halogenated alkanes) is 13. The number of hydrogen-bond acceptors (Lipinski definition) is 15. The Kier molecular flexibility index (Phi) is 36.9. The van der Waals surface area contributed by atoms with Crippen molar-refractivity contribution in [2.75, 3.05) is 26.4 Å². The number of carbonyl (C=O) groups excluding carboxylic acids is 2. The van der Waals surface area contributed by atoms with Gasteiger partial charge in [0, 0.05) is 12.8 Å². The highest BCUT2D eigenvalue weighted by atomic mass is 16.7. The number of aliphatic hydroxyl groups is 7. The summed E-state index contributed by atoms with van der Waals surface area (Å²) in [6, 6.07) is 0. The fourth-order valence-corrected chi connectivity index (χ4v) is 7.75. The molecule has 2 heterocycles. The lowest BCUT2D eigenvalue weighted by atomic mass is 9.98. The van der Waals surface area contributed by atoms with Crippen LogP contribution in [0.3, 0.4) is 0 Å². The standard InChI is InChI=1S/C55H90O15/c1-3-5-7-9-11-13-15-17-19-20-21-22-24-25-27-29-31-33-35-37-46(57)65-40-43(68-47(58)38-36-34-32-30-28-26-23-18-16-14-12-10-8-6-4-2)41-66-54-53(64)51(62)49(60)45(70-54)42-67-55-52(63)50(61)48(59)44(39-56)69-55/h4-5,7,11,13,17,19,21-22,25,27,31,33,43-45,48-56,59-64H,2-3,6,8-10,12,14-16,18,20,23-24,26,28-30,32,34-42H2,1H3/b7-5+,13-11+,19-17+,22-21+,27-25+,33-31+/t43-,44+,45+,48-,49-,50?,51?,52?,53?,54+,55+/m0/s1. The molecule has 2 aliphatic rings. The molecule has 400 valence electrons. The zero-order chi connectivity index (χ0) is 51.0. The largest absolute Gasteiger partial charge is 0.462 e. The quantitative estimate of drug-likeness (QED) is 0.0178. The van der Waals surface area contributed by atoms with Crippen LogP contribution in [0.4, 0.5) is 0 Å². The van der Waals surface area contributed by atoms with Gasteiger partial charge < -0.3 is 64.2 Å². The van der Waals surface area contributed by atoms with E-state index >= 15 is 0 Å². The van der Waals surface area contributed by atoms with Crippen molar-refractivity contribution < 1.29 is 73.8 Å². The molecule has 0 aliphatic carbocycles. The van der Waals surface area contributed by atoms with Crippen molar-refractivity contribution >= 4 is 11.9 Å². The number of esters is 2. The zero-order valence-electron chi connectivity index (χ0n) is 42.1. The lowest BCUT2D eigenvalue weighted by Crippen LogP contribution is -2.61. The van der Waals surface area contributed by atoms with Crippen LogP contribution in [-0.4, -0.2) is 142 Å². The van der Waals surface area contributed by atoms with Crippen molar-refractivity contribution in [3.05, 3.63) is 85.6 Å². The summed E-state index contributed by atoms with van der Waals surface area (Å²) in [4.78, 5) is 25.8. The van der Waals surface area contributed by atoms with Gasteiger partial charge >= 0.3 is 11.9 Å². The molecule has 15 heteroatoms. The normalized spacial score (nSPS) is 25.9. The lowest BCUT2D eigenvalue weighted by Gasteiger charge is -2.42. The number of carbonyl (C=O) groups is 2. The summed E-state index contributed by atoms with van der Waals surface area (Å²) in [6.07, 6.45) is 32.3. The Hall–Kier alpha value is -3.32. The first kappa shape index (κ1) is 62.8.